The number of thiocarbonyl (C=S) groups is 1. The van der Waals surface area contributed by atoms with Gasteiger partial charge in [0.15, 0.2) is 5.11 Å². The molecule has 0 aliphatic heterocycles. The number of carbonyl (C=O) groups is 2. The fourth-order valence-corrected chi connectivity index (χ4v) is 2.56. The van der Waals surface area contributed by atoms with E-state index in [1.165, 1.54) is 6.92 Å². The number of anilines is 2. The molecule has 0 aliphatic carbocycles. The molecule has 0 saturated heterocycles. The third-order valence-electron chi connectivity index (χ3n) is 2.78. The Morgan fingerprint density at radius 1 is 1.00 bits per heavy atom. The highest BCUT2D eigenvalue weighted by atomic mass is 127. The van der Waals surface area contributed by atoms with Crippen molar-refractivity contribution in [3.63, 3.8) is 0 Å². The molecule has 0 radical (unpaired) electrons. The smallest absolute Gasteiger partial charge is 0.257 e. The molecule has 3 N–H and O–H groups in total. The van der Waals surface area contributed by atoms with E-state index in [0.717, 1.165) is 3.57 Å². The minimum Gasteiger partial charge on any atom is -0.332 e. The van der Waals surface area contributed by atoms with Crippen molar-refractivity contribution in [2.24, 2.45) is 0 Å². The van der Waals surface area contributed by atoms with E-state index in [1.807, 2.05) is 12.1 Å². The third-order valence-corrected chi connectivity index (χ3v) is 3.65. The van der Waals surface area contributed by atoms with Gasteiger partial charge in [-0.25, -0.2) is 0 Å². The second kappa shape index (κ2) is 8.02. The third kappa shape index (κ3) is 5.61. The summed E-state index contributed by atoms with van der Waals surface area (Å²) in [5, 5.41) is 8.43. The molecule has 0 fully saturated rings. The number of rotatable bonds is 3. The van der Waals surface area contributed by atoms with Crippen LogP contribution in [0.4, 0.5) is 11.4 Å². The lowest BCUT2D eigenvalue weighted by Gasteiger charge is -2.10. The highest BCUT2D eigenvalue weighted by molar-refractivity contribution is 14.1. The van der Waals surface area contributed by atoms with E-state index in [9.17, 15) is 9.59 Å². The number of amides is 2. The summed E-state index contributed by atoms with van der Waals surface area (Å²) in [5.74, 6) is -0.401. The Hall–Kier alpha value is -2.00. The first-order valence-corrected chi connectivity index (χ1v) is 8.18. The number of halogens is 1. The molecule has 23 heavy (non-hydrogen) atoms. The summed E-state index contributed by atoms with van der Waals surface area (Å²) < 4.78 is 0.975. The van der Waals surface area contributed by atoms with Crippen molar-refractivity contribution in [3.05, 3.63) is 57.7 Å². The van der Waals surface area contributed by atoms with E-state index in [2.05, 4.69) is 38.5 Å². The number of hydrogen-bond acceptors (Lipinski definition) is 3. The lowest BCUT2D eigenvalue weighted by molar-refractivity contribution is -0.114. The van der Waals surface area contributed by atoms with Crippen LogP contribution in [0.5, 0.6) is 0 Å². The number of hydrogen-bond donors (Lipinski definition) is 3. The maximum Gasteiger partial charge on any atom is 0.257 e. The SMILES string of the molecule is CC(=O)Nc1ccc(NC(=S)NC(=O)c2cccc(I)c2)cc1. The Labute approximate surface area is 153 Å². The van der Waals surface area contributed by atoms with Crippen LogP contribution >= 0.6 is 34.8 Å². The van der Waals surface area contributed by atoms with Crippen molar-refractivity contribution in [1.82, 2.24) is 5.32 Å². The molecule has 0 aliphatic rings. The normalized spacial score (nSPS) is 9.83. The number of benzene rings is 2. The second-order valence-electron chi connectivity index (χ2n) is 4.68. The first-order valence-electron chi connectivity index (χ1n) is 6.69. The summed E-state index contributed by atoms with van der Waals surface area (Å²) in [6, 6.07) is 14.2. The Morgan fingerprint density at radius 3 is 2.17 bits per heavy atom. The Morgan fingerprint density at radius 2 is 1.61 bits per heavy atom. The van der Waals surface area contributed by atoms with E-state index in [-0.39, 0.29) is 16.9 Å². The molecule has 0 aromatic heterocycles. The zero-order valence-corrected chi connectivity index (χ0v) is 15.2. The minimum absolute atomic E-state index is 0.133. The first-order chi connectivity index (χ1) is 10.9. The largest absolute Gasteiger partial charge is 0.332 e. The number of carbonyl (C=O) groups excluding carboxylic acids is 2. The van der Waals surface area contributed by atoms with E-state index < -0.39 is 0 Å². The van der Waals surface area contributed by atoms with Gasteiger partial charge in [0.2, 0.25) is 5.91 Å². The fraction of sp³-hybridized carbons (Fsp3) is 0.0625. The fourth-order valence-electron chi connectivity index (χ4n) is 1.81. The Bertz CT molecular complexity index is 747. The molecule has 0 bridgehead atoms. The van der Waals surface area contributed by atoms with Crippen molar-refractivity contribution >= 4 is 63.1 Å². The maximum absolute atomic E-state index is 12.1. The molecule has 0 unspecified atom stereocenters. The molecule has 0 spiro atoms. The van der Waals surface area contributed by atoms with Crippen LogP contribution in [0.1, 0.15) is 17.3 Å². The molecule has 2 rings (SSSR count). The molecule has 0 atom stereocenters. The standard InChI is InChI=1S/C16H14IN3O2S/c1-10(21)18-13-5-7-14(8-6-13)19-16(23)20-15(22)11-3-2-4-12(17)9-11/h2-9H,1H3,(H,18,21)(H2,19,20,22,23). The Balaban J connectivity index is 1.94. The van der Waals surface area contributed by atoms with Gasteiger partial charge >= 0.3 is 0 Å². The molecule has 118 valence electrons. The Kier molecular flexibility index (Phi) is 6.05. The van der Waals surface area contributed by atoms with Crippen LogP contribution in [-0.2, 0) is 4.79 Å². The molecule has 2 aromatic carbocycles. The highest BCUT2D eigenvalue weighted by Crippen LogP contribution is 2.13. The molecular formula is C16H14IN3O2S. The molecule has 2 amide bonds. The van der Waals surface area contributed by atoms with E-state index in [0.29, 0.717) is 16.9 Å². The van der Waals surface area contributed by atoms with Crippen LogP contribution in [0.2, 0.25) is 0 Å². The average Bonchev–Trinajstić information content (AvgIpc) is 2.48. The predicted octanol–water partition coefficient (Wildman–Crippen LogP) is 3.38. The summed E-state index contributed by atoms with van der Waals surface area (Å²) in [6.45, 7) is 1.45. The topological polar surface area (TPSA) is 70.2 Å². The first kappa shape index (κ1) is 17.4. The number of nitrogens with one attached hydrogen (secondary N) is 3. The van der Waals surface area contributed by atoms with Crippen molar-refractivity contribution in [2.45, 2.75) is 6.92 Å². The van der Waals surface area contributed by atoms with Crippen LogP contribution in [0, 0.1) is 3.57 Å². The zero-order chi connectivity index (χ0) is 16.8. The quantitative estimate of drug-likeness (QED) is 0.507. The van der Waals surface area contributed by atoms with Crippen LogP contribution < -0.4 is 16.0 Å². The minimum atomic E-state index is -0.268. The maximum atomic E-state index is 12.1. The lowest BCUT2D eigenvalue weighted by atomic mass is 10.2. The van der Waals surface area contributed by atoms with E-state index in [1.54, 1.807) is 36.4 Å². The zero-order valence-electron chi connectivity index (χ0n) is 12.2. The van der Waals surface area contributed by atoms with Crippen LogP contribution in [0.25, 0.3) is 0 Å². The summed E-state index contributed by atoms with van der Waals surface area (Å²) in [7, 11) is 0. The van der Waals surface area contributed by atoms with Gasteiger partial charge in [-0.3, -0.25) is 14.9 Å². The van der Waals surface area contributed by atoms with E-state index >= 15 is 0 Å². The van der Waals surface area contributed by atoms with Gasteiger partial charge < -0.3 is 10.6 Å². The van der Waals surface area contributed by atoms with Gasteiger partial charge in [-0.2, -0.15) is 0 Å². The van der Waals surface area contributed by atoms with Crippen molar-refractivity contribution in [1.29, 1.82) is 0 Å². The second-order valence-corrected chi connectivity index (χ2v) is 6.33. The van der Waals surface area contributed by atoms with Gasteiger partial charge in [-0.15, -0.1) is 0 Å². The summed E-state index contributed by atoms with van der Waals surface area (Å²) in [5.41, 5.74) is 1.95. The summed E-state index contributed by atoms with van der Waals surface area (Å²) in [6.07, 6.45) is 0. The monoisotopic (exact) mass is 439 g/mol. The van der Waals surface area contributed by atoms with Crippen LogP contribution in [-0.4, -0.2) is 16.9 Å². The molecule has 0 saturated carbocycles. The van der Waals surface area contributed by atoms with Crippen molar-refractivity contribution in [3.8, 4) is 0 Å². The molecule has 2 aromatic rings. The molecule has 5 nitrogen and oxygen atoms in total. The average molecular weight is 439 g/mol. The van der Waals surface area contributed by atoms with Crippen molar-refractivity contribution < 1.29 is 9.59 Å². The van der Waals surface area contributed by atoms with Gasteiger partial charge in [0.05, 0.1) is 0 Å². The van der Waals surface area contributed by atoms with Crippen LogP contribution in [0.15, 0.2) is 48.5 Å². The molecular weight excluding hydrogens is 425 g/mol. The predicted molar refractivity (Wildman–Crippen MR) is 104 cm³/mol. The van der Waals surface area contributed by atoms with Gasteiger partial charge in [-0.1, -0.05) is 6.07 Å². The lowest BCUT2D eigenvalue weighted by Crippen LogP contribution is -2.34. The van der Waals surface area contributed by atoms with Gasteiger partial charge in [0.1, 0.15) is 0 Å². The van der Waals surface area contributed by atoms with E-state index in [4.69, 9.17) is 12.2 Å². The van der Waals surface area contributed by atoms with Crippen molar-refractivity contribution in [2.75, 3.05) is 10.6 Å². The highest BCUT2D eigenvalue weighted by Gasteiger charge is 2.08. The van der Waals surface area contributed by atoms with Gasteiger partial charge in [-0.05, 0) is 77.3 Å². The van der Waals surface area contributed by atoms with Crippen LogP contribution in [0.3, 0.4) is 0 Å². The summed E-state index contributed by atoms with van der Waals surface area (Å²) >= 11 is 7.28. The van der Waals surface area contributed by atoms with Gasteiger partial charge in [0.25, 0.3) is 5.91 Å². The molecule has 7 heteroatoms. The molecule has 0 heterocycles. The van der Waals surface area contributed by atoms with Gasteiger partial charge in [0, 0.05) is 27.4 Å². The summed E-state index contributed by atoms with van der Waals surface area (Å²) in [4.78, 5) is 23.0.